The van der Waals surface area contributed by atoms with Gasteiger partial charge in [-0.2, -0.15) is 0 Å². The number of benzene rings is 1. The lowest BCUT2D eigenvalue weighted by atomic mass is 9.89. The summed E-state index contributed by atoms with van der Waals surface area (Å²) in [5.41, 5.74) is 4.63. The van der Waals surface area contributed by atoms with E-state index in [2.05, 4.69) is 47.7 Å². The van der Waals surface area contributed by atoms with E-state index in [9.17, 15) is 9.70 Å². The fourth-order valence-corrected chi connectivity index (χ4v) is 4.10. The van der Waals surface area contributed by atoms with Gasteiger partial charge in [0.25, 0.3) is 5.91 Å². The van der Waals surface area contributed by atoms with Crippen LogP contribution in [0.3, 0.4) is 0 Å². The zero-order valence-electron chi connectivity index (χ0n) is 17.9. The Morgan fingerprint density at radius 2 is 1.24 bits per heavy atom. The zero-order valence-corrected chi connectivity index (χ0v) is 17.9. The minimum atomic E-state index is -0.504. The summed E-state index contributed by atoms with van der Waals surface area (Å²) >= 11 is 0. The van der Waals surface area contributed by atoms with Gasteiger partial charge < -0.3 is 0 Å². The first-order valence-corrected chi connectivity index (χ1v) is 11.6. The molecule has 0 fully saturated rings. The largest absolute Gasteiger partial charge is 0.286 e. The number of hydrogen-bond donors (Lipinski definition) is 0. The Bertz CT molecular complexity index is 661. The maximum absolute atomic E-state index is 10.8. The standard InChI is InChI=1S/C26H37NO2/c28-26(27-29)20-12-7-5-3-1-2-4-6-11-17-24-18-13-14-19-25(24)22-21-23-15-9-8-10-16-23/h8-10,15-16,18-19H,1-7,11-14,17,20-22H2. The summed E-state index contributed by atoms with van der Waals surface area (Å²) in [4.78, 5) is 20.8. The zero-order chi connectivity index (χ0) is 20.6. The summed E-state index contributed by atoms with van der Waals surface area (Å²) in [6.07, 6.45) is 22.0. The van der Waals surface area contributed by atoms with Crippen LogP contribution in [0.4, 0.5) is 0 Å². The van der Waals surface area contributed by atoms with Crippen molar-refractivity contribution in [1.29, 1.82) is 0 Å². The van der Waals surface area contributed by atoms with E-state index in [0.717, 1.165) is 25.7 Å². The van der Waals surface area contributed by atoms with Crippen LogP contribution in [0.5, 0.6) is 0 Å². The van der Waals surface area contributed by atoms with Crippen molar-refractivity contribution in [3.05, 3.63) is 64.1 Å². The second-order valence-corrected chi connectivity index (χ2v) is 8.19. The molecule has 29 heavy (non-hydrogen) atoms. The third kappa shape index (κ3) is 10.3. The van der Waals surface area contributed by atoms with E-state index in [1.54, 1.807) is 11.1 Å². The molecule has 1 amide bonds. The first-order chi connectivity index (χ1) is 14.3. The molecule has 2 rings (SSSR count). The molecular weight excluding hydrogens is 358 g/mol. The number of carbonyl (C=O) groups excluding carboxylic acids is 1. The maximum atomic E-state index is 10.8. The average Bonchev–Trinajstić information content (AvgIpc) is 2.77. The Hall–Kier alpha value is -2.03. The minimum absolute atomic E-state index is 0.321. The van der Waals surface area contributed by atoms with Crippen LogP contribution < -0.4 is 0 Å². The quantitative estimate of drug-likeness (QED) is 0.224. The van der Waals surface area contributed by atoms with E-state index in [4.69, 9.17) is 0 Å². The molecule has 0 heterocycles. The van der Waals surface area contributed by atoms with E-state index < -0.39 is 5.91 Å². The molecule has 0 bridgehead atoms. The molecule has 158 valence electrons. The van der Waals surface area contributed by atoms with E-state index in [1.165, 1.54) is 69.8 Å². The molecule has 0 atom stereocenters. The number of carbonyl (C=O) groups is 1. The molecule has 3 nitrogen and oxygen atoms in total. The highest BCUT2D eigenvalue weighted by Gasteiger charge is 2.09. The number of rotatable bonds is 15. The van der Waals surface area contributed by atoms with Crippen molar-refractivity contribution in [3.63, 3.8) is 0 Å². The third-order valence-electron chi connectivity index (χ3n) is 5.83. The summed E-state index contributed by atoms with van der Waals surface area (Å²) in [5.74, 6) is -0.504. The number of hydrogen-bond acceptors (Lipinski definition) is 2. The van der Waals surface area contributed by atoms with E-state index >= 15 is 0 Å². The van der Waals surface area contributed by atoms with Crippen molar-refractivity contribution in [2.45, 2.75) is 96.3 Å². The lowest BCUT2D eigenvalue weighted by molar-refractivity contribution is -0.118. The Labute approximate surface area is 176 Å². The van der Waals surface area contributed by atoms with Crippen LogP contribution in [-0.4, -0.2) is 5.91 Å². The van der Waals surface area contributed by atoms with Crippen LogP contribution in [0.2, 0.25) is 0 Å². The smallest absolute Gasteiger partial charge is 0.269 e. The van der Waals surface area contributed by atoms with Crippen molar-refractivity contribution in [2.24, 2.45) is 5.18 Å². The molecule has 3 heteroatoms. The highest BCUT2D eigenvalue weighted by Crippen LogP contribution is 2.27. The summed E-state index contributed by atoms with van der Waals surface area (Å²) in [5, 5.41) is 2.43. The van der Waals surface area contributed by atoms with Crippen LogP contribution in [-0.2, 0) is 11.2 Å². The number of amides is 1. The fourth-order valence-electron chi connectivity index (χ4n) is 4.10. The predicted molar refractivity (Wildman–Crippen MR) is 122 cm³/mol. The Balaban J connectivity index is 1.49. The molecule has 1 aromatic rings. The van der Waals surface area contributed by atoms with Crippen LogP contribution in [0, 0.1) is 4.91 Å². The number of nitroso groups, excluding NO2 is 1. The van der Waals surface area contributed by atoms with Crippen LogP contribution in [0.25, 0.3) is 0 Å². The predicted octanol–water partition coefficient (Wildman–Crippen LogP) is 7.85. The highest BCUT2D eigenvalue weighted by atomic mass is 16.3. The lowest BCUT2D eigenvalue weighted by Gasteiger charge is -2.17. The minimum Gasteiger partial charge on any atom is -0.269 e. The van der Waals surface area contributed by atoms with Gasteiger partial charge in [-0.3, -0.25) is 4.79 Å². The Morgan fingerprint density at radius 3 is 1.86 bits per heavy atom. The molecule has 1 aromatic carbocycles. The molecule has 0 saturated heterocycles. The van der Waals surface area contributed by atoms with Gasteiger partial charge in [0, 0.05) is 11.6 Å². The van der Waals surface area contributed by atoms with Crippen LogP contribution in [0.1, 0.15) is 95.5 Å². The van der Waals surface area contributed by atoms with Gasteiger partial charge in [-0.15, -0.1) is 4.91 Å². The lowest BCUT2D eigenvalue weighted by Crippen LogP contribution is -1.98. The molecule has 0 aliphatic heterocycles. The second-order valence-electron chi connectivity index (χ2n) is 8.19. The topological polar surface area (TPSA) is 46.5 Å². The van der Waals surface area contributed by atoms with Crippen molar-refractivity contribution < 1.29 is 4.79 Å². The van der Waals surface area contributed by atoms with Crippen LogP contribution in [0.15, 0.2) is 58.8 Å². The summed E-state index contributed by atoms with van der Waals surface area (Å²) in [6.45, 7) is 0. The van der Waals surface area contributed by atoms with E-state index in [0.29, 0.717) is 6.42 Å². The van der Waals surface area contributed by atoms with Crippen molar-refractivity contribution in [3.8, 4) is 0 Å². The first kappa shape index (κ1) is 23.3. The normalized spacial score (nSPS) is 13.7. The van der Waals surface area contributed by atoms with Gasteiger partial charge in [0.2, 0.25) is 0 Å². The molecule has 0 unspecified atom stereocenters. The van der Waals surface area contributed by atoms with Gasteiger partial charge in [0.1, 0.15) is 0 Å². The van der Waals surface area contributed by atoms with Gasteiger partial charge in [0.15, 0.2) is 0 Å². The molecule has 0 spiro atoms. The summed E-state index contributed by atoms with van der Waals surface area (Å²) < 4.78 is 0. The van der Waals surface area contributed by atoms with Gasteiger partial charge in [-0.25, -0.2) is 0 Å². The number of aryl methyl sites for hydroxylation is 1. The first-order valence-electron chi connectivity index (χ1n) is 11.6. The number of allylic oxidation sites excluding steroid dienone is 4. The molecular formula is C26H37NO2. The van der Waals surface area contributed by atoms with Crippen LogP contribution >= 0.6 is 0 Å². The van der Waals surface area contributed by atoms with Crippen molar-refractivity contribution in [2.75, 3.05) is 0 Å². The maximum Gasteiger partial charge on any atom is 0.286 e. The van der Waals surface area contributed by atoms with Crippen molar-refractivity contribution >= 4 is 5.91 Å². The third-order valence-corrected chi connectivity index (χ3v) is 5.83. The fraction of sp³-hybridized carbons (Fsp3) is 0.577. The van der Waals surface area contributed by atoms with E-state index in [-0.39, 0.29) is 0 Å². The Morgan fingerprint density at radius 1 is 0.690 bits per heavy atom. The summed E-state index contributed by atoms with van der Waals surface area (Å²) in [6, 6.07) is 10.8. The molecule has 1 aliphatic rings. The highest BCUT2D eigenvalue weighted by molar-refractivity contribution is 5.76. The molecule has 0 saturated carbocycles. The second kappa shape index (κ2) is 14.9. The van der Waals surface area contributed by atoms with Gasteiger partial charge >= 0.3 is 0 Å². The molecule has 0 N–H and O–H groups in total. The van der Waals surface area contributed by atoms with E-state index in [1.807, 2.05) is 0 Å². The SMILES string of the molecule is O=NC(=O)CCCCCCCCCCCC1=CCCC=C1CCc1ccccc1. The monoisotopic (exact) mass is 395 g/mol. The molecule has 0 radical (unpaired) electrons. The average molecular weight is 396 g/mol. The number of unbranched alkanes of at least 4 members (excludes halogenated alkanes) is 8. The van der Waals surface area contributed by atoms with Gasteiger partial charge in [-0.1, -0.05) is 87.4 Å². The van der Waals surface area contributed by atoms with Gasteiger partial charge in [0.05, 0.1) is 0 Å². The molecule has 0 aromatic heterocycles. The van der Waals surface area contributed by atoms with Gasteiger partial charge in [-0.05, 0) is 61.7 Å². The van der Waals surface area contributed by atoms with Crippen molar-refractivity contribution in [1.82, 2.24) is 0 Å². The summed E-state index contributed by atoms with van der Waals surface area (Å²) in [7, 11) is 0. The number of nitrogens with zero attached hydrogens (tertiary/aromatic N) is 1. The Kier molecular flexibility index (Phi) is 11.9. The molecule has 1 aliphatic carbocycles.